The number of halogens is 1. The molecule has 18 heavy (non-hydrogen) atoms. The Morgan fingerprint density at radius 1 is 1.33 bits per heavy atom. The molecule has 1 fully saturated rings. The summed E-state index contributed by atoms with van der Waals surface area (Å²) in [6, 6.07) is 9.10. The summed E-state index contributed by atoms with van der Waals surface area (Å²) in [7, 11) is 0. The molecular formula is C14H15FN2O. The van der Waals surface area contributed by atoms with E-state index in [1.807, 2.05) is 18.2 Å². The van der Waals surface area contributed by atoms with Crippen molar-refractivity contribution in [1.29, 1.82) is 0 Å². The van der Waals surface area contributed by atoms with Crippen LogP contribution in [0.25, 0.3) is 5.69 Å². The standard InChI is InChI=1S/C14H15FN2O/c15-14-12(13(18)8-10-6-7-10)9-16-17(14)11-4-2-1-3-5-11/h1-5,9-10,13,18H,6-8H2. The molecule has 1 atom stereocenters. The molecule has 1 N–H and O–H groups in total. The minimum absolute atomic E-state index is 0.297. The molecule has 3 rings (SSSR count). The number of aliphatic hydroxyl groups excluding tert-OH is 1. The summed E-state index contributed by atoms with van der Waals surface area (Å²) in [4.78, 5) is 0. The van der Waals surface area contributed by atoms with Crippen molar-refractivity contribution in [2.45, 2.75) is 25.4 Å². The van der Waals surface area contributed by atoms with Crippen molar-refractivity contribution in [3.05, 3.63) is 48.0 Å². The van der Waals surface area contributed by atoms with E-state index in [9.17, 15) is 9.50 Å². The highest BCUT2D eigenvalue weighted by Gasteiger charge is 2.28. The van der Waals surface area contributed by atoms with Crippen molar-refractivity contribution in [1.82, 2.24) is 9.78 Å². The highest BCUT2D eigenvalue weighted by atomic mass is 19.1. The lowest BCUT2D eigenvalue weighted by Gasteiger charge is -2.08. The van der Waals surface area contributed by atoms with Crippen LogP contribution in [-0.4, -0.2) is 14.9 Å². The normalized spacial score (nSPS) is 16.8. The van der Waals surface area contributed by atoms with Crippen LogP contribution in [-0.2, 0) is 0 Å². The van der Waals surface area contributed by atoms with Gasteiger partial charge < -0.3 is 5.11 Å². The first-order chi connectivity index (χ1) is 8.75. The summed E-state index contributed by atoms with van der Waals surface area (Å²) < 4.78 is 15.4. The Morgan fingerprint density at radius 2 is 2.06 bits per heavy atom. The number of nitrogens with zero attached hydrogens (tertiary/aromatic N) is 2. The first kappa shape index (κ1) is 11.4. The van der Waals surface area contributed by atoms with Crippen LogP contribution in [0.15, 0.2) is 36.5 Å². The fourth-order valence-corrected chi connectivity index (χ4v) is 2.12. The molecule has 1 aromatic heterocycles. The maximum Gasteiger partial charge on any atom is 0.222 e. The number of para-hydroxylation sites is 1. The Bertz CT molecular complexity index is 534. The van der Waals surface area contributed by atoms with Crippen LogP contribution in [0.3, 0.4) is 0 Å². The third-order valence-corrected chi connectivity index (χ3v) is 3.35. The van der Waals surface area contributed by atoms with Crippen LogP contribution in [0.5, 0.6) is 0 Å². The highest BCUT2D eigenvalue weighted by Crippen LogP contribution is 2.38. The molecule has 1 aliphatic rings. The van der Waals surface area contributed by atoms with Crippen LogP contribution < -0.4 is 0 Å². The number of hydrogen-bond donors (Lipinski definition) is 1. The van der Waals surface area contributed by atoms with Crippen LogP contribution >= 0.6 is 0 Å². The summed E-state index contributed by atoms with van der Waals surface area (Å²) in [5, 5.41) is 14.0. The average molecular weight is 246 g/mol. The molecule has 4 heteroatoms. The van der Waals surface area contributed by atoms with Gasteiger partial charge in [0.25, 0.3) is 0 Å². The van der Waals surface area contributed by atoms with E-state index in [0.29, 0.717) is 23.6 Å². The first-order valence-electron chi connectivity index (χ1n) is 6.22. The van der Waals surface area contributed by atoms with Gasteiger partial charge in [0.15, 0.2) is 0 Å². The summed E-state index contributed by atoms with van der Waals surface area (Å²) >= 11 is 0. The third kappa shape index (κ3) is 2.16. The zero-order chi connectivity index (χ0) is 12.5. The van der Waals surface area contributed by atoms with Gasteiger partial charge in [-0.15, -0.1) is 0 Å². The number of aromatic nitrogens is 2. The van der Waals surface area contributed by atoms with Crippen LogP contribution in [0.4, 0.5) is 4.39 Å². The van der Waals surface area contributed by atoms with Crippen molar-refractivity contribution in [3.8, 4) is 5.69 Å². The van der Waals surface area contributed by atoms with E-state index in [0.717, 1.165) is 12.8 Å². The van der Waals surface area contributed by atoms with Crippen molar-refractivity contribution < 1.29 is 9.50 Å². The third-order valence-electron chi connectivity index (χ3n) is 3.35. The second-order valence-electron chi connectivity index (χ2n) is 4.83. The molecule has 0 bridgehead atoms. The van der Waals surface area contributed by atoms with Crippen molar-refractivity contribution >= 4 is 0 Å². The van der Waals surface area contributed by atoms with E-state index in [1.54, 1.807) is 12.1 Å². The molecule has 0 radical (unpaired) electrons. The van der Waals surface area contributed by atoms with E-state index in [4.69, 9.17) is 0 Å². The Kier molecular flexibility index (Phi) is 2.88. The van der Waals surface area contributed by atoms with Crippen molar-refractivity contribution in [2.75, 3.05) is 0 Å². The first-order valence-corrected chi connectivity index (χ1v) is 6.22. The minimum atomic E-state index is -0.741. The minimum Gasteiger partial charge on any atom is -0.388 e. The van der Waals surface area contributed by atoms with Crippen LogP contribution in [0.2, 0.25) is 0 Å². The van der Waals surface area contributed by atoms with Gasteiger partial charge in [0.05, 0.1) is 23.6 Å². The lowest BCUT2D eigenvalue weighted by atomic mass is 10.1. The Morgan fingerprint density at radius 3 is 2.72 bits per heavy atom. The molecule has 1 aliphatic carbocycles. The highest BCUT2D eigenvalue weighted by molar-refractivity contribution is 5.32. The molecule has 1 saturated carbocycles. The van der Waals surface area contributed by atoms with Gasteiger partial charge in [-0.3, -0.25) is 0 Å². The lowest BCUT2D eigenvalue weighted by Crippen LogP contribution is -2.04. The van der Waals surface area contributed by atoms with E-state index in [-0.39, 0.29) is 0 Å². The van der Waals surface area contributed by atoms with Gasteiger partial charge in [0.2, 0.25) is 5.95 Å². The molecular weight excluding hydrogens is 231 g/mol. The monoisotopic (exact) mass is 246 g/mol. The fourth-order valence-electron chi connectivity index (χ4n) is 2.12. The Hall–Kier alpha value is -1.68. The van der Waals surface area contributed by atoms with Crippen molar-refractivity contribution in [2.24, 2.45) is 5.92 Å². The van der Waals surface area contributed by atoms with E-state index < -0.39 is 12.1 Å². The molecule has 0 aliphatic heterocycles. The molecule has 1 unspecified atom stereocenters. The Balaban J connectivity index is 1.87. The van der Waals surface area contributed by atoms with Crippen LogP contribution in [0.1, 0.15) is 30.9 Å². The van der Waals surface area contributed by atoms with Gasteiger partial charge in [-0.25, -0.2) is 4.68 Å². The summed E-state index contributed by atoms with van der Waals surface area (Å²) in [6.45, 7) is 0. The zero-order valence-corrected chi connectivity index (χ0v) is 9.96. The van der Waals surface area contributed by atoms with E-state index in [1.165, 1.54) is 10.9 Å². The number of hydrogen-bond acceptors (Lipinski definition) is 2. The maximum absolute atomic E-state index is 14.2. The number of benzene rings is 1. The predicted molar refractivity (Wildman–Crippen MR) is 65.8 cm³/mol. The largest absolute Gasteiger partial charge is 0.388 e. The Labute approximate surface area is 105 Å². The molecule has 0 spiro atoms. The molecule has 94 valence electrons. The molecule has 2 aromatic rings. The second-order valence-corrected chi connectivity index (χ2v) is 4.83. The lowest BCUT2D eigenvalue weighted by molar-refractivity contribution is 0.155. The maximum atomic E-state index is 14.2. The molecule has 1 heterocycles. The van der Waals surface area contributed by atoms with Gasteiger partial charge in [0, 0.05) is 0 Å². The predicted octanol–water partition coefficient (Wildman–Crippen LogP) is 2.84. The summed E-state index contributed by atoms with van der Waals surface area (Å²) in [5.74, 6) is 0.0915. The topological polar surface area (TPSA) is 38.1 Å². The van der Waals surface area contributed by atoms with Gasteiger partial charge in [-0.05, 0) is 24.5 Å². The van der Waals surface area contributed by atoms with E-state index >= 15 is 0 Å². The molecule has 0 saturated heterocycles. The smallest absolute Gasteiger partial charge is 0.222 e. The quantitative estimate of drug-likeness (QED) is 0.900. The molecule has 0 amide bonds. The number of rotatable bonds is 4. The second kappa shape index (κ2) is 4.53. The van der Waals surface area contributed by atoms with Gasteiger partial charge in [-0.2, -0.15) is 9.49 Å². The zero-order valence-electron chi connectivity index (χ0n) is 9.96. The van der Waals surface area contributed by atoms with Gasteiger partial charge >= 0.3 is 0 Å². The van der Waals surface area contributed by atoms with Crippen molar-refractivity contribution in [3.63, 3.8) is 0 Å². The average Bonchev–Trinajstić information content (AvgIpc) is 3.11. The SMILES string of the molecule is OC(CC1CC1)c1cnn(-c2ccccc2)c1F. The van der Waals surface area contributed by atoms with E-state index in [2.05, 4.69) is 5.10 Å². The van der Waals surface area contributed by atoms with Gasteiger partial charge in [0.1, 0.15) is 0 Å². The molecule has 3 nitrogen and oxygen atoms in total. The summed E-state index contributed by atoms with van der Waals surface area (Å²) in [6.07, 6.45) is 3.61. The fraction of sp³-hybridized carbons (Fsp3) is 0.357. The molecule has 1 aromatic carbocycles. The van der Waals surface area contributed by atoms with Gasteiger partial charge in [-0.1, -0.05) is 31.0 Å². The summed E-state index contributed by atoms with van der Waals surface area (Å²) in [5.41, 5.74) is 0.964. The van der Waals surface area contributed by atoms with Crippen LogP contribution in [0, 0.1) is 11.9 Å². The number of aliphatic hydroxyl groups is 1.